The van der Waals surface area contributed by atoms with E-state index in [-0.39, 0.29) is 0 Å². The van der Waals surface area contributed by atoms with Gasteiger partial charge in [-0.05, 0) is 41.8 Å². The van der Waals surface area contributed by atoms with E-state index in [1.807, 2.05) is 26.1 Å². The van der Waals surface area contributed by atoms with Gasteiger partial charge in [-0.15, -0.1) is 0 Å². The van der Waals surface area contributed by atoms with Gasteiger partial charge in [0.25, 0.3) is 0 Å². The van der Waals surface area contributed by atoms with Crippen LogP contribution in [0.1, 0.15) is 11.3 Å². The lowest BCUT2D eigenvalue weighted by Gasteiger charge is -2.04. The Balaban J connectivity index is 2.10. The Labute approximate surface area is 128 Å². The lowest BCUT2D eigenvalue weighted by atomic mass is 10.0. The zero-order valence-corrected chi connectivity index (χ0v) is 12.5. The second kappa shape index (κ2) is 5.52. The summed E-state index contributed by atoms with van der Waals surface area (Å²) in [5.41, 5.74) is 5.40. The summed E-state index contributed by atoms with van der Waals surface area (Å²) in [4.78, 5) is 14.8. The van der Waals surface area contributed by atoms with Crippen molar-refractivity contribution in [3.63, 3.8) is 0 Å². The second-order valence-electron chi connectivity index (χ2n) is 5.25. The molecule has 0 bridgehead atoms. The Kier molecular flexibility index (Phi) is 3.55. The molecule has 2 heterocycles. The van der Waals surface area contributed by atoms with Gasteiger partial charge in [0.1, 0.15) is 0 Å². The standard InChI is InChI=1S/C17H17N3O2/c1-11-15(10-19-17(21)22)14-4-3-13(9-16(14)20(11)2)12-5-7-18-8-6-12/h3-9,19H,10H2,1-2H3,(H,21,22). The third-order valence-corrected chi connectivity index (χ3v) is 4.05. The number of amides is 1. The van der Waals surface area contributed by atoms with Gasteiger partial charge in [-0.2, -0.15) is 0 Å². The van der Waals surface area contributed by atoms with Crippen LogP contribution < -0.4 is 5.32 Å². The largest absolute Gasteiger partial charge is 0.465 e. The number of carboxylic acid groups (broad SMARTS) is 1. The highest BCUT2D eigenvalue weighted by Gasteiger charge is 2.13. The van der Waals surface area contributed by atoms with Gasteiger partial charge >= 0.3 is 6.09 Å². The summed E-state index contributed by atoms with van der Waals surface area (Å²) in [6, 6.07) is 10.2. The molecule has 0 aliphatic carbocycles. The minimum absolute atomic E-state index is 0.313. The average Bonchev–Trinajstić information content (AvgIpc) is 2.77. The van der Waals surface area contributed by atoms with Crippen LogP contribution in [0.2, 0.25) is 0 Å². The van der Waals surface area contributed by atoms with Crippen LogP contribution in [0.25, 0.3) is 22.0 Å². The molecule has 0 saturated heterocycles. The molecule has 0 atom stereocenters. The van der Waals surface area contributed by atoms with E-state index in [0.717, 1.165) is 33.3 Å². The van der Waals surface area contributed by atoms with E-state index in [0.29, 0.717) is 6.54 Å². The number of hydrogen-bond acceptors (Lipinski definition) is 2. The van der Waals surface area contributed by atoms with Crippen molar-refractivity contribution in [2.24, 2.45) is 7.05 Å². The minimum Gasteiger partial charge on any atom is -0.465 e. The number of pyridine rings is 1. The SMILES string of the molecule is Cc1c(CNC(=O)O)c2ccc(-c3ccncc3)cc2n1C. The molecule has 3 aromatic rings. The van der Waals surface area contributed by atoms with Crippen molar-refractivity contribution >= 4 is 17.0 Å². The van der Waals surface area contributed by atoms with Crippen LogP contribution in [-0.4, -0.2) is 20.8 Å². The van der Waals surface area contributed by atoms with Gasteiger partial charge in [-0.25, -0.2) is 4.79 Å². The first-order valence-electron chi connectivity index (χ1n) is 7.03. The molecule has 112 valence electrons. The van der Waals surface area contributed by atoms with Crippen LogP contribution in [0, 0.1) is 6.92 Å². The quantitative estimate of drug-likeness (QED) is 0.779. The van der Waals surface area contributed by atoms with Crippen molar-refractivity contribution in [2.75, 3.05) is 0 Å². The van der Waals surface area contributed by atoms with E-state index in [2.05, 4.69) is 33.1 Å². The van der Waals surface area contributed by atoms with Crippen LogP contribution in [0.3, 0.4) is 0 Å². The van der Waals surface area contributed by atoms with Gasteiger partial charge in [-0.3, -0.25) is 4.98 Å². The molecule has 2 aromatic heterocycles. The molecule has 1 amide bonds. The molecule has 0 spiro atoms. The second-order valence-corrected chi connectivity index (χ2v) is 5.25. The van der Waals surface area contributed by atoms with E-state index in [1.54, 1.807) is 12.4 Å². The molecule has 0 saturated carbocycles. The maximum atomic E-state index is 10.7. The summed E-state index contributed by atoms with van der Waals surface area (Å²) in [5, 5.41) is 12.3. The first-order valence-corrected chi connectivity index (χ1v) is 7.03. The molecule has 1 aromatic carbocycles. The predicted octanol–water partition coefficient (Wildman–Crippen LogP) is 3.32. The molecule has 3 rings (SSSR count). The number of benzene rings is 1. The smallest absolute Gasteiger partial charge is 0.404 e. The molecular formula is C17H17N3O2. The number of aromatic nitrogens is 2. The van der Waals surface area contributed by atoms with E-state index in [1.165, 1.54) is 0 Å². The van der Waals surface area contributed by atoms with Gasteiger partial charge in [0, 0.05) is 42.6 Å². The van der Waals surface area contributed by atoms with Gasteiger partial charge < -0.3 is 15.0 Å². The van der Waals surface area contributed by atoms with Crippen LogP contribution in [0.5, 0.6) is 0 Å². The van der Waals surface area contributed by atoms with Gasteiger partial charge in [-0.1, -0.05) is 12.1 Å². The average molecular weight is 295 g/mol. The fraction of sp³-hybridized carbons (Fsp3) is 0.176. The third-order valence-electron chi connectivity index (χ3n) is 4.05. The van der Waals surface area contributed by atoms with E-state index < -0.39 is 6.09 Å². The number of aryl methyl sites for hydroxylation is 1. The summed E-state index contributed by atoms with van der Waals surface area (Å²) < 4.78 is 2.10. The molecule has 22 heavy (non-hydrogen) atoms. The third kappa shape index (κ3) is 2.41. The molecule has 0 aliphatic rings. The number of nitrogens with one attached hydrogen (secondary N) is 1. The van der Waals surface area contributed by atoms with Crippen LogP contribution in [-0.2, 0) is 13.6 Å². The lowest BCUT2D eigenvalue weighted by molar-refractivity contribution is 0.194. The molecule has 5 nitrogen and oxygen atoms in total. The summed E-state index contributed by atoms with van der Waals surface area (Å²) in [6.07, 6.45) is 2.54. The molecule has 0 radical (unpaired) electrons. The molecule has 2 N–H and O–H groups in total. The normalized spacial score (nSPS) is 10.8. The summed E-state index contributed by atoms with van der Waals surface area (Å²) in [5.74, 6) is 0. The maximum Gasteiger partial charge on any atom is 0.404 e. The summed E-state index contributed by atoms with van der Waals surface area (Å²) in [6.45, 7) is 2.32. The Bertz CT molecular complexity index is 838. The number of hydrogen-bond donors (Lipinski definition) is 2. The maximum absolute atomic E-state index is 10.7. The van der Waals surface area contributed by atoms with Crippen LogP contribution in [0.15, 0.2) is 42.7 Å². The first-order chi connectivity index (χ1) is 10.6. The van der Waals surface area contributed by atoms with Crippen molar-refractivity contribution in [1.29, 1.82) is 0 Å². The number of carbonyl (C=O) groups is 1. The minimum atomic E-state index is -1.01. The fourth-order valence-electron chi connectivity index (χ4n) is 2.75. The molecule has 0 aliphatic heterocycles. The summed E-state index contributed by atoms with van der Waals surface area (Å²) in [7, 11) is 2.00. The van der Waals surface area contributed by atoms with E-state index in [9.17, 15) is 4.79 Å². The van der Waals surface area contributed by atoms with Crippen LogP contribution >= 0.6 is 0 Å². The van der Waals surface area contributed by atoms with Crippen molar-refractivity contribution in [3.8, 4) is 11.1 Å². The molecule has 0 fully saturated rings. The predicted molar refractivity (Wildman–Crippen MR) is 85.8 cm³/mol. The Morgan fingerprint density at radius 1 is 1.23 bits per heavy atom. The van der Waals surface area contributed by atoms with Crippen molar-refractivity contribution in [2.45, 2.75) is 13.5 Å². The number of nitrogens with zero attached hydrogens (tertiary/aromatic N) is 2. The topological polar surface area (TPSA) is 67.2 Å². The number of fused-ring (bicyclic) bond motifs is 1. The number of rotatable bonds is 3. The lowest BCUT2D eigenvalue weighted by Crippen LogP contribution is -2.20. The zero-order chi connectivity index (χ0) is 15.7. The van der Waals surface area contributed by atoms with Gasteiger partial charge in [0.2, 0.25) is 0 Å². The Morgan fingerprint density at radius 2 is 1.95 bits per heavy atom. The van der Waals surface area contributed by atoms with Crippen molar-refractivity contribution in [1.82, 2.24) is 14.9 Å². The molecule has 5 heteroatoms. The molecule has 0 unspecified atom stereocenters. The Hall–Kier alpha value is -2.82. The van der Waals surface area contributed by atoms with Gasteiger partial charge in [0.15, 0.2) is 0 Å². The zero-order valence-electron chi connectivity index (χ0n) is 12.5. The summed E-state index contributed by atoms with van der Waals surface area (Å²) >= 11 is 0. The first kappa shape index (κ1) is 14.1. The van der Waals surface area contributed by atoms with Crippen molar-refractivity contribution in [3.05, 3.63) is 54.0 Å². The van der Waals surface area contributed by atoms with E-state index >= 15 is 0 Å². The van der Waals surface area contributed by atoms with Crippen molar-refractivity contribution < 1.29 is 9.90 Å². The highest BCUT2D eigenvalue weighted by atomic mass is 16.4. The molecular weight excluding hydrogens is 278 g/mol. The van der Waals surface area contributed by atoms with Crippen LogP contribution in [0.4, 0.5) is 4.79 Å². The highest BCUT2D eigenvalue weighted by molar-refractivity contribution is 5.89. The Morgan fingerprint density at radius 3 is 2.64 bits per heavy atom. The monoisotopic (exact) mass is 295 g/mol. The fourth-order valence-corrected chi connectivity index (χ4v) is 2.75. The van der Waals surface area contributed by atoms with E-state index in [4.69, 9.17) is 5.11 Å². The highest BCUT2D eigenvalue weighted by Crippen LogP contribution is 2.29. The van der Waals surface area contributed by atoms with Gasteiger partial charge in [0.05, 0.1) is 0 Å².